The first kappa shape index (κ1) is 6.91. The van der Waals surface area contributed by atoms with Crippen molar-refractivity contribution in [2.45, 2.75) is 0 Å². The minimum atomic E-state index is -0.462. The summed E-state index contributed by atoms with van der Waals surface area (Å²) in [7, 11) is 0. The molecule has 3 nitrogen and oxygen atoms in total. The molecule has 0 radical (unpaired) electrons. The highest BCUT2D eigenvalue weighted by Crippen LogP contribution is 2.18. The maximum absolute atomic E-state index is 10.9. The molecule has 0 unspecified atom stereocenters. The molecule has 0 aliphatic carbocycles. The fourth-order valence-corrected chi connectivity index (χ4v) is 1.19. The highest BCUT2D eigenvalue weighted by atomic mass is 16.3. The van der Waals surface area contributed by atoms with E-state index in [1.54, 1.807) is 18.2 Å². The normalized spacial score (nSPS) is 10.3. The van der Waals surface area contributed by atoms with Crippen LogP contribution in [-0.4, -0.2) is 5.91 Å². The molecule has 60 valence electrons. The van der Waals surface area contributed by atoms with E-state index in [0.717, 1.165) is 5.39 Å². The molecule has 3 heteroatoms. The van der Waals surface area contributed by atoms with Gasteiger partial charge in [-0.2, -0.15) is 0 Å². The number of hydrogen-bond donors (Lipinski definition) is 1. The molecule has 2 rings (SSSR count). The molecule has 1 amide bonds. The number of carbonyl (C=O) groups excluding carboxylic acids is 1. The average molecular weight is 161 g/mol. The summed E-state index contributed by atoms with van der Waals surface area (Å²) in [5.74, 6) is -0.462. The molecule has 0 aliphatic heterocycles. The number of carbonyl (C=O) groups is 1. The third-order valence-electron chi connectivity index (χ3n) is 1.74. The van der Waals surface area contributed by atoms with Gasteiger partial charge in [-0.15, -0.1) is 0 Å². The second-order valence-corrected chi connectivity index (χ2v) is 2.51. The van der Waals surface area contributed by atoms with Crippen molar-refractivity contribution in [3.05, 3.63) is 36.1 Å². The minimum Gasteiger partial charge on any atom is -0.464 e. The largest absolute Gasteiger partial charge is 0.464 e. The maximum atomic E-state index is 10.9. The van der Waals surface area contributed by atoms with Crippen molar-refractivity contribution in [1.82, 2.24) is 0 Å². The molecular weight excluding hydrogens is 154 g/mol. The zero-order valence-electron chi connectivity index (χ0n) is 6.28. The number of amides is 1. The quantitative estimate of drug-likeness (QED) is 0.689. The number of primary amides is 1. The summed E-state index contributed by atoms with van der Waals surface area (Å²) >= 11 is 0. The molecular formula is C9H7NO2. The van der Waals surface area contributed by atoms with Crippen molar-refractivity contribution in [2.75, 3.05) is 0 Å². The Morgan fingerprint density at radius 2 is 2.17 bits per heavy atom. The van der Waals surface area contributed by atoms with Crippen LogP contribution < -0.4 is 5.73 Å². The van der Waals surface area contributed by atoms with Crippen LogP contribution in [0.3, 0.4) is 0 Å². The van der Waals surface area contributed by atoms with Crippen LogP contribution in [0.1, 0.15) is 10.4 Å². The number of hydrogen-bond acceptors (Lipinski definition) is 2. The Balaban J connectivity index is 2.82. The summed E-state index contributed by atoms with van der Waals surface area (Å²) < 4.78 is 5.11. The topological polar surface area (TPSA) is 56.2 Å². The van der Waals surface area contributed by atoms with Gasteiger partial charge in [0.25, 0.3) is 5.91 Å². The molecule has 0 saturated heterocycles. The van der Waals surface area contributed by atoms with Gasteiger partial charge in [-0.3, -0.25) is 4.79 Å². The predicted octanol–water partition coefficient (Wildman–Crippen LogP) is 1.53. The van der Waals surface area contributed by atoms with E-state index >= 15 is 0 Å². The first-order valence-corrected chi connectivity index (χ1v) is 3.55. The van der Waals surface area contributed by atoms with Gasteiger partial charge in [0, 0.05) is 5.39 Å². The van der Waals surface area contributed by atoms with Crippen molar-refractivity contribution in [1.29, 1.82) is 0 Å². The fourth-order valence-electron chi connectivity index (χ4n) is 1.19. The number of benzene rings is 1. The van der Waals surface area contributed by atoms with Gasteiger partial charge < -0.3 is 10.2 Å². The second-order valence-electron chi connectivity index (χ2n) is 2.51. The summed E-state index contributed by atoms with van der Waals surface area (Å²) in [4.78, 5) is 10.9. The molecule has 0 bridgehead atoms. The molecule has 2 aromatic rings. The molecule has 12 heavy (non-hydrogen) atoms. The summed E-state index contributed by atoms with van der Waals surface area (Å²) in [5.41, 5.74) is 6.13. The van der Waals surface area contributed by atoms with Crippen LogP contribution >= 0.6 is 0 Å². The van der Waals surface area contributed by atoms with Crippen molar-refractivity contribution < 1.29 is 9.21 Å². The Bertz CT molecular complexity index is 431. The van der Waals surface area contributed by atoms with E-state index in [2.05, 4.69) is 0 Å². The van der Waals surface area contributed by atoms with E-state index in [4.69, 9.17) is 10.2 Å². The Morgan fingerprint density at radius 1 is 1.33 bits per heavy atom. The molecule has 0 saturated carbocycles. The van der Waals surface area contributed by atoms with Crippen LogP contribution in [-0.2, 0) is 0 Å². The van der Waals surface area contributed by atoms with Crippen LogP contribution in [0.25, 0.3) is 11.0 Å². The summed E-state index contributed by atoms with van der Waals surface area (Å²) in [6.45, 7) is 0. The number of fused-ring (bicyclic) bond motifs is 1. The molecule has 0 atom stereocenters. The predicted molar refractivity (Wildman–Crippen MR) is 44.7 cm³/mol. The number of rotatable bonds is 1. The van der Waals surface area contributed by atoms with E-state index in [1.807, 2.05) is 6.07 Å². The van der Waals surface area contributed by atoms with Gasteiger partial charge in [0.2, 0.25) is 0 Å². The van der Waals surface area contributed by atoms with E-state index < -0.39 is 5.91 Å². The Kier molecular flexibility index (Phi) is 1.37. The van der Waals surface area contributed by atoms with Crippen LogP contribution in [0.2, 0.25) is 0 Å². The minimum absolute atomic E-state index is 0.428. The van der Waals surface area contributed by atoms with Crippen molar-refractivity contribution in [3.8, 4) is 0 Å². The van der Waals surface area contributed by atoms with Crippen LogP contribution in [0.4, 0.5) is 0 Å². The molecule has 1 heterocycles. The first-order valence-electron chi connectivity index (χ1n) is 3.55. The molecule has 0 aliphatic rings. The molecule has 0 fully saturated rings. The number of nitrogens with two attached hydrogens (primary N) is 1. The summed E-state index contributed by atoms with van der Waals surface area (Å²) in [6, 6.07) is 7.08. The first-order chi connectivity index (χ1) is 5.79. The zero-order valence-corrected chi connectivity index (χ0v) is 6.28. The number of para-hydroxylation sites is 1. The van der Waals surface area contributed by atoms with Gasteiger partial charge in [-0.05, 0) is 12.1 Å². The number of furan rings is 1. The smallest absolute Gasteiger partial charge is 0.252 e. The van der Waals surface area contributed by atoms with E-state index in [9.17, 15) is 4.79 Å². The molecule has 1 aromatic heterocycles. The van der Waals surface area contributed by atoms with E-state index in [-0.39, 0.29) is 0 Å². The van der Waals surface area contributed by atoms with E-state index in [0.29, 0.717) is 11.1 Å². The molecule has 1 aromatic carbocycles. The Labute approximate surface area is 68.8 Å². The van der Waals surface area contributed by atoms with Crippen molar-refractivity contribution in [3.63, 3.8) is 0 Å². The van der Waals surface area contributed by atoms with Gasteiger partial charge in [-0.1, -0.05) is 12.1 Å². The monoisotopic (exact) mass is 161 g/mol. The SMILES string of the molecule is NC(=O)c1cccc2ccoc12. The van der Waals surface area contributed by atoms with Crippen LogP contribution in [0.15, 0.2) is 34.9 Å². The van der Waals surface area contributed by atoms with Gasteiger partial charge in [0.05, 0.1) is 11.8 Å². The van der Waals surface area contributed by atoms with E-state index in [1.165, 1.54) is 6.26 Å². The lowest BCUT2D eigenvalue weighted by Crippen LogP contribution is -2.10. The Hall–Kier alpha value is -1.77. The van der Waals surface area contributed by atoms with Gasteiger partial charge in [0.15, 0.2) is 0 Å². The van der Waals surface area contributed by atoms with Gasteiger partial charge in [-0.25, -0.2) is 0 Å². The van der Waals surface area contributed by atoms with Gasteiger partial charge >= 0.3 is 0 Å². The summed E-state index contributed by atoms with van der Waals surface area (Å²) in [5, 5.41) is 0.895. The average Bonchev–Trinajstić information content (AvgIpc) is 2.49. The Morgan fingerprint density at radius 3 is 2.92 bits per heavy atom. The third-order valence-corrected chi connectivity index (χ3v) is 1.74. The van der Waals surface area contributed by atoms with Crippen LogP contribution in [0.5, 0.6) is 0 Å². The maximum Gasteiger partial charge on any atom is 0.252 e. The zero-order chi connectivity index (χ0) is 8.55. The van der Waals surface area contributed by atoms with Crippen LogP contribution in [0, 0.1) is 0 Å². The third kappa shape index (κ3) is 0.871. The van der Waals surface area contributed by atoms with Gasteiger partial charge in [0.1, 0.15) is 5.58 Å². The van der Waals surface area contributed by atoms with Crippen molar-refractivity contribution in [2.24, 2.45) is 5.73 Å². The molecule has 2 N–H and O–H groups in total. The summed E-state index contributed by atoms with van der Waals surface area (Å²) in [6.07, 6.45) is 1.54. The highest BCUT2D eigenvalue weighted by Gasteiger charge is 2.07. The second kappa shape index (κ2) is 2.37. The highest BCUT2D eigenvalue weighted by molar-refractivity contribution is 6.03. The fraction of sp³-hybridized carbons (Fsp3) is 0. The lowest BCUT2D eigenvalue weighted by molar-refractivity contribution is 0.100. The molecule has 0 spiro atoms. The lowest BCUT2D eigenvalue weighted by atomic mass is 10.1. The standard InChI is InChI=1S/C9H7NO2/c10-9(11)7-3-1-2-6-4-5-12-8(6)7/h1-5H,(H2,10,11). The lowest BCUT2D eigenvalue weighted by Gasteiger charge is -1.94. The van der Waals surface area contributed by atoms with Crippen molar-refractivity contribution >= 4 is 16.9 Å².